The molecule has 0 unspecified atom stereocenters. The van der Waals surface area contributed by atoms with Gasteiger partial charge in [0.05, 0.1) is 28.0 Å². The molecule has 0 N–H and O–H groups in total. The largest absolute Gasteiger partial charge is 0.308 e. The van der Waals surface area contributed by atoms with Gasteiger partial charge in [-0.05, 0) is 42.0 Å². The maximum absolute atomic E-state index is 13.2. The lowest BCUT2D eigenvalue weighted by Crippen LogP contribution is -2.32. The highest BCUT2D eigenvalue weighted by Gasteiger charge is 2.23. The molecule has 3 aromatic rings. The van der Waals surface area contributed by atoms with Crippen molar-refractivity contribution in [3.8, 4) is 0 Å². The number of nitrogens with zero attached hydrogens (tertiary/aromatic N) is 3. The normalized spacial score (nSPS) is 10.6. The molecule has 1 aromatic heterocycles. The van der Waals surface area contributed by atoms with E-state index in [-0.39, 0.29) is 23.2 Å². The van der Waals surface area contributed by atoms with Gasteiger partial charge in [-0.25, -0.2) is 9.97 Å². The first-order valence-electron chi connectivity index (χ1n) is 9.67. The van der Waals surface area contributed by atoms with Gasteiger partial charge in [0.15, 0.2) is 11.6 Å². The smallest absolute Gasteiger partial charge is 0.235 e. The Morgan fingerprint density at radius 3 is 2.22 bits per heavy atom. The summed E-state index contributed by atoms with van der Waals surface area (Å²) in [6.45, 7) is 1.85. The van der Waals surface area contributed by atoms with Crippen LogP contribution in [-0.2, 0) is 11.3 Å². The number of halogens is 3. The van der Waals surface area contributed by atoms with Crippen LogP contribution in [0.1, 0.15) is 46.3 Å². The molecule has 0 aliphatic rings. The summed E-state index contributed by atoms with van der Waals surface area (Å²) in [6, 6.07) is 11.3. The summed E-state index contributed by atoms with van der Waals surface area (Å²) in [7, 11) is 0. The average molecular weight is 491 g/mol. The number of hydrogen-bond donors (Lipinski definition) is 0. The summed E-state index contributed by atoms with van der Waals surface area (Å²) in [5.41, 5.74) is 1.50. The Balaban J connectivity index is 1.94. The van der Waals surface area contributed by atoms with Gasteiger partial charge in [0, 0.05) is 30.1 Å². The van der Waals surface area contributed by atoms with Gasteiger partial charge in [-0.1, -0.05) is 47.8 Å². The number of Topliss-reactive ketones (excluding diaryl/α,β-unsaturated/α-hetero) is 2. The Labute approximate surface area is 200 Å². The fourth-order valence-electron chi connectivity index (χ4n) is 2.99. The van der Waals surface area contributed by atoms with Crippen LogP contribution in [-0.4, -0.2) is 27.4 Å². The highest BCUT2D eigenvalue weighted by atomic mass is 35.5. The highest BCUT2D eigenvalue weighted by Crippen LogP contribution is 2.28. The van der Waals surface area contributed by atoms with Gasteiger partial charge in [0.25, 0.3) is 0 Å². The summed E-state index contributed by atoms with van der Waals surface area (Å²) in [5.74, 6) is -1.16. The third-order valence-electron chi connectivity index (χ3n) is 4.64. The molecule has 0 saturated carbocycles. The van der Waals surface area contributed by atoms with Gasteiger partial charge in [-0.2, -0.15) is 0 Å². The van der Waals surface area contributed by atoms with E-state index in [1.54, 1.807) is 43.3 Å². The van der Waals surface area contributed by atoms with Gasteiger partial charge in [-0.15, -0.1) is 0 Å². The van der Waals surface area contributed by atoms with Crippen molar-refractivity contribution in [2.75, 3.05) is 4.90 Å². The van der Waals surface area contributed by atoms with Crippen LogP contribution in [0.15, 0.2) is 54.9 Å². The molecule has 0 aliphatic heterocycles. The van der Waals surface area contributed by atoms with Crippen LogP contribution in [0, 0.1) is 0 Å². The van der Waals surface area contributed by atoms with Gasteiger partial charge >= 0.3 is 0 Å². The molecule has 0 saturated heterocycles. The molecule has 9 heteroatoms. The number of aromatic nitrogens is 2. The van der Waals surface area contributed by atoms with Crippen molar-refractivity contribution in [1.82, 2.24) is 9.97 Å². The molecule has 0 radical (unpaired) electrons. The number of ketones is 2. The number of benzene rings is 2. The minimum absolute atomic E-state index is 0.0442. The van der Waals surface area contributed by atoms with Crippen LogP contribution in [0.5, 0.6) is 0 Å². The second-order valence-electron chi connectivity index (χ2n) is 6.84. The lowest BCUT2D eigenvalue weighted by molar-refractivity contribution is -0.117. The third kappa shape index (κ3) is 5.71. The monoisotopic (exact) mass is 489 g/mol. The van der Waals surface area contributed by atoms with Crippen LogP contribution in [0.25, 0.3) is 0 Å². The number of carbonyl (C=O) groups excluding carboxylic acids is 3. The van der Waals surface area contributed by atoms with E-state index in [1.165, 1.54) is 23.4 Å². The van der Waals surface area contributed by atoms with Crippen LogP contribution < -0.4 is 4.90 Å². The minimum Gasteiger partial charge on any atom is -0.308 e. The summed E-state index contributed by atoms with van der Waals surface area (Å²) < 4.78 is 0. The average Bonchev–Trinajstić information content (AvgIpc) is 2.79. The number of anilines is 1. The molecule has 3 rings (SSSR count). The predicted molar refractivity (Wildman–Crippen MR) is 125 cm³/mol. The minimum atomic E-state index is -0.515. The van der Waals surface area contributed by atoms with E-state index in [0.717, 1.165) is 0 Å². The van der Waals surface area contributed by atoms with Crippen molar-refractivity contribution in [2.24, 2.45) is 0 Å². The second kappa shape index (κ2) is 10.7. The van der Waals surface area contributed by atoms with E-state index < -0.39 is 18.1 Å². The molecule has 2 aromatic carbocycles. The zero-order chi connectivity index (χ0) is 23.3. The van der Waals surface area contributed by atoms with E-state index in [1.807, 2.05) is 0 Å². The van der Waals surface area contributed by atoms with E-state index >= 15 is 0 Å². The van der Waals surface area contributed by atoms with Crippen molar-refractivity contribution in [3.63, 3.8) is 0 Å². The van der Waals surface area contributed by atoms with Gasteiger partial charge in [0.1, 0.15) is 0 Å². The summed E-state index contributed by atoms with van der Waals surface area (Å²) >= 11 is 18.4. The first-order valence-corrected chi connectivity index (χ1v) is 10.8. The number of rotatable bonds is 8. The van der Waals surface area contributed by atoms with Gasteiger partial charge in [0.2, 0.25) is 11.7 Å². The maximum atomic E-state index is 13.2. The summed E-state index contributed by atoms with van der Waals surface area (Å²) in [5, 5.41) is 0.946. The van der Waals surface area contributed by atoms with Crippen molar-refractivity contribution in [2.45, 2.75) is 26.3 Å². The molecular weight excluding hydrogens is 473 g/mol. The Morgan fingerprint density at radius 2 is 1.59 bits per heavy atom. The van der Waals surface area contributed by atoms with Crippen LogP contribution in [0.4, 0.5) is 5.69 Å². The molecule has 0 aliphatic carbocycles. The molecule has 0 bridgehead atoms. The molecule has 6 nitrogen and oxygen atoms in total. The van der Waals surface area contributed by atoms with Gasteiger partial charge in [-0.3, -0.25) is 14.4 Å². The highest BCUT2D eigenvalue weighted by molar-refractivity contribution is 6.42. The van der Waals surface area contributed by atoms with Crippen LogP contribution in [0.2, 0.25) is 15.1 Å². The molecule has 0 fully saturated rings. The third-order valence-corrected chi connectivity index (χ3v) is 5.69. The lowest BCUT2D eigenvalue weighted by atomic mass is 10.1. The summed E-state index contributed by atoms with van der Waals surface area (Å²) in [4.78, 5) is 46.9. The molecule has 32 heavy (non-hydrogen) atoms. The fraction of sp³-hybridized carbons (Fsp3) is 0.174. The quantitative estimate of drug-likeness (QED) is 0.293. The SMILES string of the molecule is CCC(=O)c1ccc(N(Cc2ccc(Cl)c(Cl)c2)C(=O)CC(=O)c2ncccn2)cc1Cl. The first-order chi connectivity index (χ1) is 15.3. The molecule has 0 spiro atoms. The standard InChI is InChI=1S/C23H18Cl3N3O3/c1-2-20(30)16-6-5-15(11-18(16)25)29(13-14-4-7-17(24)19(26)10-14)22(32)12-21(31)23-27-8-3-9-28-23/h3-11H,2,12-13H2,1H3. The lowest BCUT2D eigenvalue weighted by Gasteiger charge is -2.24. The van der Waals surface area contributed by atoms with E-state index in [9.17, 15) is 14.4 Å². The first kappa shape index (κ1) is 23.9. The molecule has 1 amide bonds. The Hall–Kier alpha value is -2.80. The fourth-order valence-corrected chi connectivity index (χ4v) is 3.59. The van der Waals surface area contributed by atoms with E-state index in [0.29, 0.717) is 33.3 Å². The van der Waals surface area contributed by atoms with Crippen LogP contribution in [0.3, 0.4) is 0 Å². The molecule has 164 valence electrons. The molecule has 1 heterocycles. The Morgan fingerprint density at radius 1 is 0.875 bits per heavy atom. The predicted octanol–water partition coefficient (Wildman–Crippen LogP) is 5.84. The summed E-state index contributed by atoms with van der Waals surface area (Å²) in [6.07, 6.45) is 2.72. The number of amides is 1. The number of carbonyl (C=O) groups is 3. The second-order valence-corrected chi connectivity index (χ2v) is 8.06. The van der Waals surface area contributed by atoms with E-state index in [2.05, 4.69) is 9.97 Å². The maximum Gasteiger partial charge on any atom is 0.235 e. The number of hydrogen-bond acceptors (Lipinski definition) is 5. The Kier molecular flexibility index (Phi) is 7.96. The van der Waals surface area contributed by atoms with Crippen molar-refractivity contribution in [3.05, 3.63) is 86.9 Å². The van der Waals surface area contributed by atoms with Crippen molar-refractivity contribution >= 4 is 58.0 Å². The van der Waals surface area contributed by atoms with Crippen molar-refractivity contribution in [1.29, 1.82) is 0 Å². The molecule has 0 atom stereocenters. The zero-order valence-electron chi connectivity index (χ0n) is 17.0. The Bertz CT molecular complexity index is 1170. The topological polar surface area (TPSA) is 80.2 Å². The van der Waals surface area contributed by atoms with E-state index in [4.69, 9.17) is 34.8 Å². The zero-order valence-corrected chi connectivity index (χ0v) is 19.3. The van der Waals surface area contributed by atoms with Crippen LogP contribution >= 0.6 is 34.8 Å². The van der Waals surface area contributed by atoms with Gasteiger partial charge < -0.3 is 4.90 Å². The van der Waals surface area contributed by atoms with Crippen molar-refractivity contribution < 1.29 is 14.4 Å². The molecular formula is C23H18Cl3N3O3.